The molecule has 2 rings (SSSR count). The van der Waals surface area contributed by atoms with Gasteiger partial charge in [-0.25, -0.2) is 4.98 Å². The van der Waals surface area contributed by atoms with Gasteiger partial charge in [0.15, 0.2) is 17.3 Å². The molecule has 114 valence electrons. The van der Waals surface area contributed by atoms with Gasteiger partial charge in [-0.3, -0.25) is 19.7 Å². The largest absolute Gasteiger partial charge is 0.439 e. The number of hydrogen-bond acceptors (Lipinski definition) is 6. The summed E-state index contributed by atoms with van der Waals surface area (Å²) >= 11 is 0. The highest BCUT2D eigenvalue weighted by Crippen LogP contribution is 2.35. The van der Waals surface area contributed by atoms with E-state index in [-0.39, 0.29) is 34.4 Å². The highest BCUT2D eigenvalue weighted by Gasteiger charge is 2.39. The fourth-order valence-electron chi connectivity index (χ4n) is 1.99. The smallest absolute Gasteiger partial charge is 0.255 e. The summed E-state index contributed by atoms with van der Waals surface area (Å²) < 4.78 is 5.49. The topological polar surface area (TPSA) is 103 Å². The van der Waals surface area contributed by atoms with Crippen LogP contribution < -0.4 is 0 Å². The van der Waals surface area contributed by atoms with Crippen LogP contribution in [0.5, 0.6) is 0 Å². The van der Waals surface area contributed by atoms with Crippen molar-refractivity contribution in [2.45, 2.75) is 26.7 Å². The van der Waals surface area contributed by atoms with Crippen molar-refractivity contribution in [1.82, 2.24) is 4.98 Å². The SMILES string of the molecule is C\C=C/C=C1/C(=O)C(=O)c2nc(C(C)C)oc2/C1=C\[N+](=O)[O-]. The molecule has 0 radical (unpaired) electrons. The van der Waals surface area contributed by atoms with Gasteiger partial charge in [-0.15, -0.1) is 0 Å². The van der Waals surface area contributed by atoms with Gasteiger partial charge in [0.1, 0.15) is 5.57 Å². The van der Waals surface area contributed by atoms with Gasteiger partial charge in [0.25, 0.3) is 5.78 Å². The summed E-state index contributed by atoms with van der Waals surface area (Å²) in [5, 5.41) is 10.9. The average molecular weight is 302 g/mol. The average Bonchev–Trinajstić information content (AvgIpc) is 2.89. The molecule has 1 aliphatic carbocycles. The minimum absolute atomic E-state index is 0.0271. The molecule has 0 bridgehead atoms. The Bertz CT molecular complexity index is 750. The van der Waals surface area contributed by atoms with Gasteiger partial charge in [-0.05, 0) is 6.92 Å². The molecule has 0 aliphatic heterocycles. The first kappa shape index (κ1) is 15.6. The Labute approximate surface area is 126 Å². The van der Waals surface area contributed by atoms with Gasteiger partial charge in [0.2, 0.25) is 12.0 Å². The lowest BCUT2D eigenvalue weighted by Crippen LogP contribution is -2.24. The van der Waals surface area contributed by atoms with Gasteiger partial charge in [-0.2, -0.15) is 0 Å². The number of allylic oxidation sites excluding steroid dienone is 5. The maximum atomic E-state index is 12.2. The molecule has 0 atom stereocenters. The van der Waals surface area contributed by atoms with Crippen molar-refractivity contribution in [3.8, 4) is 0 Å². The number of fused-ring (bicyclic) bond motifs is 1. The normalized spacial score (nSPS) is 18.7. The number of nitrogens with zero attached hydrogens (tertiary/aromatic N) is 2. The number of oxazole rings is 1. The van der Waals surface area contributed by atoms with Gasteiger partial charge in [0, 0.05) is 11.5 Å². The van der Waals surface area contributed by atoms with Crippen LogP contribution >= 0.6 is 0 Å². The lowest BCUT2D eigenvalue weighted by Gasteiger charge is -2.11. The van der Waals surface area contributed by atoms with E-state index < -0.39 is 16.5 Å². The molecular weight excluding hydrogens is 288 g/mol. The Kier molecular flexibility index (Phi) is 4.16. The quantitative estimate of drug-likeness (QED) is 0.368. The van der Waals surface area contributed by atoms with Crippen LogP contribution in [0.1, 0.15) is 48.8 Å². The number of nitro groups is 1. The molecule has 0 unspecified atom stereocenters. The molecule has 0 saturated carbocycles. The molecule has 7 nitrogen and oxygen atoms in total. The molecule has 0 aromatic carbocycles. The van der Waals surface area contributed by atoms with Gasteiger partial charge < -0.3 is 4.42 Å². The number of aromatic nitrogens is 1. The van der Waals surface area contributed by atoms with E-state index in [1.54, 1.807) is 26.8 Å². The standard InChI is InChI=1S/C15H14N2O5/c1-4-5-6-9-10(7-17(20)21)14-11(13(19)12(9)18)16-15(22-14)8(2)3/h4-8H,1-3H3/b5-4-,9-6+,10-7-. The van der Waals surface area contributed by atoms with Gasteiger partial charge in [-0.1, -0.05) is 32.1 Å². The monoisotopic (exact) mass is 302 g/mol. The third-order valence-electron chi connectivity index (χ3n) is 3.03. The highest BCUT2D eigenvalue weighted by molar-refractivity contribution is 6.54. The predicted molar refractivity (Wildman–Crippen MR) is 77.8 cm³/mol. The van der Waals surface area contributed by atoms with Crippen LogP contribution in [0.4, 0.5) is 0 Å². The van der Waals surface area contributed by atoms with E-state index in [0.717, 1.165) is 0 Å². The molecule has 22 heavy (non-hydrogen) atoms. The van der Waals surface area contributed by atoms with E-state index in [1.165, 1.54) is 12.2 Å². The van der Waals surface area contributed by atoms with Crippen molar-refractivity contribution in [1.29, 1.82) is 0 Å². The zero-order chi connectivity index (χ0) is 16.4. The van der Waals surface area contributed by atoms with Crippen molar-refractivity contribution in [2.24, 2.45) is 0 Å². The zero-order valence-corrected chi connectivity index (χ0v) is 12.3. The first-order chi connectivity index (χ1) is 10.4. The fraction of sp³-hybridized carbons (Fsp3) is 0.267. The third kappa shape index (κ3) is 2.65. The van der Waals surface area contributed by atoms with E-state index in [9.17, 15) is 19.7 Å². The number of ketones is 2. The van der Waals surface area contributed by atoms with E-state index in [2.05, 4.69) is 4.98 Å². The number of rotatable bonds is 3. The Morgan fingerprint density at radius 2 is 1.91 bits per heavy atom. The number of carbonyl (C=O) groups excluding carboxylic acids is 2. The number of Topliss-reactive ketones (excluding diaryl/α,β-unsaturated/α-hetero) is 2. The second kappa shape index (κ2) is 5.88. The first-order valence-electron chi connectivity index (χ1n) is 6.65. The summed E-state index contributed by atoms with van der Waals surface area (Å²) in [4.78, 5) is 38.5. The first-order valence-corrected chi connectivity index (χ1v) is 6.65. The number of hydrogen-bond donors (Lipinski definition) is 0. The van der Waals surface area contributed by atoms with Crippen LogP contribution in [-0.4, -0.2) is 21.5 Å². The molecule has 0 spiro atoms. The van der Waals surface area contributed by atoms with Crippen molar-refractivity contribution < 1.29 is 18.9 Å². The van der Waals surface area contributed by atoms with Gasteiger partial charge >= 0.3 is 0 Å². The Morgan fingerprint density at radius 3 is 2.45 bits per heavy atom. The zero-order valence-electron chi connectivity index (χ0n) is 12.3. The molecule has 0 amide bonds. The lowest BCUT2D eigenvalue weighted by atomic mass is 9.89. The maximum absolute atomic E-state index is 12.2. The third-order valence-corrected chi connectivity index (χ3v) is 3.03. The molecule has 1 aromatic heterocycles. The molecule has 0 fully saturated rings. The Hall–Kier alpha value is -2.83. The minimum Gasteiger partial charge on any atom is -0.439 e. The van der Waals surface area contributed by atoms with Crippen molar-refractivity contribution in [3.05, 3.63) is 57.5 Å². The van der Waals surface area contributed by atoms with Crippen LogP contribution in [0.15, 0.2) is 34.4 Å². The molecule has 1 aromatic rings. The summed E-state index contributed by atoms with van der Waals surface area (Å²) in [6.45, 7) is 5.33. The summed E-state index contributed by atoms with van der Waals surface area (Å²) in [7, 11) is 0. The van der Waals surface area contributed by atoms with Crippen LogP contribution in [0.2, 0.25) is 0 Å². The Morgan fingerprint density at radius 1 is 1.23 bits per heavy atom. The van der Waals surface area contributed by atoms with Crippen molar-refractivity contribution >= 4 is 17.1 Å². The van der Waals surface area contributed by atoms with Crippen LogP contribution in [0.25, 0.3) is 5.57 Å². The number of carbonyl (C=O) groups is 2. The molecule has 1 heterocycles. The van der Waals surface area contributed by atoms with Crippen LogP contribution in [0.3, 0.4) is 0 Å². The molecule has 0 saturated heterocycles. The molecular formula is C15H14N2O5. The van der Waals surface area contributed by atoms with Crippen LogP contribution in [0, 0.1) is 10.1 Å². The Balaban J connectivity index is 2.74. The van der Waals surface area contributed by atoms with E-state index >= 15 is 0 Å². The lowest BCUT2D eigenvalue weighted by molar-refractivity contribution is -0.401. The fourth-order valence-corrected chi connectivity index (χ4v) is 1.99. The summed E-state index contributed by atoms with van der Waals surface area (Å²) in [6.07, 6.45) is 5.19. The van der Waals surface area contributed by atoms with Gasteiger partial charge in [0.05, 0.1) is 4.92 Å². The van der Waals surface area contributed by atoms with E-state index in [4.69, 9.17) is 4.42 Å². The molecule has 1 aliphatic rings. The second-order valence-electron chi connectivity index (χ2n) is 4.98. The highest BCUT2D eigenvalue weighted by atomic mass is 16.6. The van der Waals surface area contributed by atoms with Crippen LogP contribution in [-0.2, 0) is 4.79 Å². The second-order valence-corrected chi connectivity index (χ2v) is 4.98. The summed E-state index contributed by atoms with van der Waals surface area (Å²) in [5.41, 5.74) is -0.278. The summed E-state index contributed by atoms with van der Waals surface area (Å²) in [5.74, 6) is -1.54. The molecule has 7 heteroatoms. The summed E-state index contributed by atoms with van der Waals surface area (Å²) in [6, 6.07) is 0. The van der Waals surface area contributed by atoms with Crippen molar-refractivity contribution in [3.63, 3.8) is 0 Å². The van der Waals surface area contributed by atoms with E-state index in [0.29, 0.717) is 6.20 Å². The predicted octanol–water partition coefficient (Wildman–Crippen LogP) is 2.68. The minimum atomic E-state index is -0.831. The van der Waals surface area contributed by atoms with E-state index in [1.807, 2.05) is 0 Å². The van der Waals surface area contributed by atoms with Crippen molar-refractivity contribution in [2.75, 3.05) is 0 Å². The molecule has 0 N–H and O–H groups in total. The maximum Gasteiger partial charge on any atom is 0.255 e.